The van der Waals surface area contributed by atoms with Crippen LogP contribution in [0.4, 0.5) is 5.69 Å². The van der Waals surface area contributed by atoms with Gasteiger partial charge in [0.25, 0.3) is 0 Å². The molecular formula is C17H17NO4S. The number of carbonyl (C=O) groups is 2. The third-order valence-corrected chi connectivity index (χ3v) is 3.54. The van der Waals surface area contributed by atoms with Crippen LogP contribution < -0.4 is 10.1 Å². The first-order chi connectivity index (χ1) is 11.2. The fraction of sp³-hybridized carbons (Fsp3) is 0.176. The van der Waals surface area contributed by atoms with Gasteiger partial charge in [-0.15, -0.1) is 11.3 Å². The maximum Gasteiger partial charge on any atom is 0.344 e. The fourth-order valence-electron chi connectivity index (χ4n) is 1.74. The number of anilines is 1. The van der Waals surface area contributed by atoms with Crippen LogP contribution in [0.3, 0.4) is 0 Å². The maximum absolute atomic E-state index is 11.9. The summed E-state index contributed by atoms with van der Waals surface area (Å²) < 4.78 is 10.1. The molecule has 0 radical (unpaired) electrons. The third kappa shape index (κ3) is 5.96. The van der Waals surface area contributed by atoms with Crippen LogP contribution >= 0.6 is 11.3 Å². The Balaban J connectivity index is 1.89. The zero-order valence-corrected chi connectivity index (χ0v) is 13.5. The number of thiophene rings is 1. The molecule has 0 fully saturated rings. The zero-order valence-electron chi connectivity index (χ0n) is 12.7. The second kappa shape index (κ2) is 8.75. The molecule has 5 nitrogen and oxygen atoms in total. The highest BCUT2D eigenvalue weighted by Crippen LogP contribution is 2.17. The standard InChI is InChI=1S/C17H17NO4S/c1-2-21-17(20)12-22-14-6-3-5-13(11-14)18-16(19)9-8-15-7-4-10-23-15/h3-11H,2,12H2,1H3,(H,18,19). The molecule has 0 saturated carbocycles. The normalized spacial score (nSPS) is 10.5. The van der Waals surface area contributed by atoms with Crippen molar-refractivity contribution in [1.29, 1.82) is 0 Å². The number of carbonyl (C=O) groups excluding carboxylic acids is 2. The first kappa shape index (κ1) is 16.8. The summed E-state index contributed by atoms with van der Waals surface area (Å²) in [7, 11) is 0. The Bertz CT molecular complexity index is 680. The van der Waals surface area contributed by atoms with Gasteiger partial charge in [-0.1, -0.05) is 12.1 Å². The van der Waals surface area contributed by atoms with E-state index in [1.165, 1.54) is 6.08 Å². The van der Waals surface area contributed by atoms with E-state index in [0.29, 0.717) is 18.0 Å². The Morgan fingerprint density at radius 3 is 2.87 bits per heavy atom. The van der Waals surface area contributed by atoms with E-state index in [9.17, 15) is 9.59 Å². The van der Waals surface area contributed by atoms with E-state index in [1.807, 2.05) is 17.5 Å². The van der Waals surface area contributed by atoms with Gasteiger partial charge in [-0.2, -0.15) is 0 Å². The van der Waals surface area contributed by atoms with Crippen molar-refractivity contribution >= 4 is 35.0 Å². The molecule has 1 heterocycles. The van der Waals surface area contributed by atoms with Crippen molar-refractivity contribution in [2.75, 3.05) is 18.5 Å². The number of nitrogens with one attached hydrogen (secondary N) is 1. The lowest BCUT2D eigenvalue weighted by atomic mass is 10.3. The molecular weight excluding hydrogens is 314 g/mol. The van der Waals surface area contributed by atoms with Crippen molar-refractivity contribution in [3.05, 3.63) is 52.7 Å². The molecule has 120 valence electrons. The molecule has 2 aromatic rings. The number of rotatable bonds is 7. The summed E-state index contributed by atoms with van der Waals surface area (Å²) in [6.07, 6.45) is 3.22. The molecule has 1 aromatic carbocycles. The van der Waals surface area contributed by atoms with Gasteiger partial charge in [0, 0.05) is 22.7 Å². The van der Waals surface area contributed by atoms with Crippen LogP contribution in [-0.2, 0) is 14.3 Å². The summed E-state index contributed by atoms with van der Waals surface area (Å²) in [4.78, 5) is 24.1. The molecule has 0 aliphatic heterocycles. The lowest BCUT2D eigenvalue weighted by Gasteiger charge is -2.08. The Labute approximate surface area is 138 Å². The number of hydrogen-bond acceptors (Lipinski definition) is 5. The van der Waals surface area contributed by atoms with Crippen LogP contribution in [0, 0.1) is 0 Å². The molecule has 0 spiro atoms. The van der Waals surface area contributed by atoms with Crippen molar-refractivity contribution < 1.29 is 19.1 Å². The highest BCUT2D eigenvalue weighted by atomic mass is 32.1. The second-order valence-corrected chi connectivity index (χ2v) is 5.44. The monoisotopic (exact) mass is 331 g/mol. The fourth-order valence-corrected chi connectivity index (χ4v) is 2.35. The van der Waals surface area contributed by atoms with Crippen LogP contribution in [0.15, 0.2) is 47.9 Å². The van der Waals surface area contributed by atoms with Crippen molar-refractivity contribution in [3.8, 4) is 5.75 Å². The van der Waals surface area contributed by atoms with Crippen molar-refractivity contribution in [2.24, 2.45) is 0 Å². The van der Waals surface area contributed by atoms with Crippen LogP contribution in [0.25, 0.3) is 6.08 Å². The molecule has 23 heavy (non-hydrogen) atoms. The summed E-state index contributed by atoms with van der Waals surface area (Å²) in [5.74, 6) is -0.181. The van der Waals surface area contributed by atoms with Gasteiger partial charge in [0.05, 0.1) is 6.61 Å². The van der Waals surface area contributed by atoms with Gasteiger partial charge in [-0.3, -0.25) is 4.79 Å². The molecule has 0 unspecified atom stereocenters. The Morgan fingerprint density at radius 1 is 1.26 bits per heavy atom. The number of amides is 1. The SMILES string of the molecule is CCOC(=O)COc1cccc(NC(=O)C=Cc2cccs2)c1. The molecule has 0 aliphatic rings. The topological polar surface area (TPSA) is 64.6 Å². The van der Waals surface area contributed by atoms with E-state index in [0.717, 1.165) is 4.88 Å². The summed E-state index contributed by atoms with van der Waals surface area (Å²) in [6, 6.07) is 10.7. The minimum Gasteiger partial charge on any atom is -0.482 e. The molecule has 0 bridgehead atoms. The second-order valence-electron chi connectivity index (χ2n) is 4.46. The molecule has 2 rings (SSSR count). The predicted octanol–water partition coefficient (Wildman–Crippen LogP) is 3.34. The summed E-state index contributed by atoms with van der Waals surface area (Å²) >= 11 is 1.56. The first-order valence-corrected chi connectivity index (χ1v) is 7.96. The number of hydrogen-bond donors (Lipinski definition) is 1. The minimum atomic E-state index is -0.430. The van der Waals surface area contributed by atoms with E-state index in [-0.39, 0.29) is 12.5 Å². The number of benzene rings is 1. The van der Waals surface area contributed by atoms with Gasteiger partial charge in [0.2, 0.25) is 5.91 Å². The first-order valence-electron chi connectivity index (χ1n) is 7.08. The van der Waals surface area contributed by atoms with Crippen LogP contribution in [0.1, 0.15) is 11.8 Å². The van der Waals surface area contributed by atoms with E-state index in [1.54, 1.807) is 48.6 Å². The molecule has 1 N–H and O–H groups in total. The van der Waals surface area contributed by atoms with Gasteiger partial charge in [0.1, 0.15) is 5.75 Å². The van der Waals surface area contributed by atoms with Crippen LogP contribution in [0.5, 0.6) is 5.75 Å². The summed E-state index contributed by atoms with van der Waals surface area (Å²) in [5.41, 5.74) is 0.590. The average Bonchev–Trinajstić information content (AvgIpc) is 3.05. The summed E-state index contributed by atoms with van der Waals surface area (Å²) in [6.45, 7) is 1.89. The molecule has 0 aliphatic carbocycles. The van der Waals surface area contributed by atoms with Crippen molar-refractivity contribution in [3.63, 3.8) is 0 Å². The zero-order chi connectivity index (χ0) is 16.5. The molecule has 0 atom stereocenters. The van der Waals surface area contributed by atoms with Gasteiger partial charge in [-0.25, -0.2) is 4.79 Å². The maximum atomic E-state index is 11.9. The Kier molecular flexibility index (Phi) is 6.38. The molecule has 0 saturated heterocycles. The average molecular weight is 331 g/mol. The quantitative estimate of drug-likeness (QED) is 0.624. The van der Waals surface area contributed by atoms with Gasteiger partial charge in [-0.05, 0) is 36.6 Å². The van der Waals surface area contributed by atoms with E-state index in [2.05, 4.69) is 5.32 Å². The largest absolute Gasteiger partial charge is 0.482 e. The lowest BCUT2D eigenvalue weighted by molar-refractivity contribution is -0.145. The van der Waals surface area contributed by atoms with E-state index in [4.69, 9.17) is 9.47 Å². The van der Waals surface area contributed by atoms with Crippen molar-refractivity contribution in [2.45, 2.75) is 6.92 Å². The van der Waals surface area contributed by atoms with Gasteiger partial charge in [0.15, 0.2) is 6.61 Å². The van der Waals surface area contributed by atoms with Gasteiger partial charge >= 0.3 is 5.97 Å². The highest BCUT2D eigenvalue weighted by molar-refractivity contribution is 7.10. The van der Waals surface area contributed by atoms with Crippen LogP contribution in [-0.4, -0.2) is 25.1 Å². The minimum absolute atomic E-state index is 0.163. The molecule has 1 amide bonds. The Morgan fingerprint density at radius 2 is 2.13 bits per heavy atom. The van der Waals surface area contributed by atoms with E-state index >= 15 is 0 Å². The predicted molar refractivity (Wildman–Crippen MR) is 90.6 cm³/mol. The van der Waals surface area contributed by atoms with Gasteiger partial charge < -0.3 is 14.8 Å². The number of esters is 1. The third-order valence-electron chi connectivity index (χ3n) is 2.71. The Hall–Kier alpha value is -2.60. The smallest absolute Gasteiger partial charge is 0.344 e. The highest BCUT2D eigenvalue weighted by Gasteiger charge is 2.04. The van der Waals surface area contributed by atoms with Crippen LogP contribution in [0.2, 0.25) is 0 Å². The lowest BCUT2D eigenvalue weighted by Crippen LogP contribution is -2.14. The van der Waals surface area contributed by atoms with E-state index < -0.39 is 5.97 Å². The van der Waals surface area contributed by atoms with Crippen molar-refractivity contribution in [1.82, 2.24) is 0 Å². The molecule has 6 heteroatoms. The molecule has 1 aromatic heterocycles. The number of ether oxygens (including phenoxy) is 2. The summed E-state index contributed by atoms with van der Waals surface area (Å²) in [5, 5.41) is 4.69.